The average molecular weight is 263 g/mol. The van der Waals surface area contributed by atoms with Crippen molar-refractivity contribution in [1.82, 2.24) is 4.90 Å². The van der Waals surface area contributed by atoms with E-state index in [0.29, 0.717) is 0 Å². The number of non-ortho nitro benzene ring substituents is 1. The minimum Gasteiger partial charge on any atom is -0.382 e. The molecule has 1 aliphatic heterocycles. The Kier molecular flexibility index (Phi) is 3.99. The first-order valence-corrected chi connectivity index (χ1v) is 6.33. The highest BCUT2D eigenvalue weighted by Gasteiger charge is 2.20. The third-order valence-electron chi connectivity index (χ3n) is 3.37. The number of carbonyl (C=O) groups is 1. The molecule has 0 unspecified atom stereocenters. The van der Waals surface area contributed by atoms with Gasteiger partial charge in [-0.2, -0.15) is 0 Å². The van der Waals surface area contributed by atoms with Crippen molar-refractivity contribution >= 4 is 17.3 Å². The number of likely N-dealkylation sites (tertiary alicyclic amines) is 1. The third-order valence-corrected chi connectivity index (χ3v) is 3.37. The van der Waals surface area contributed by atoms with E-state index in [9.17, 15) is 14.9 Å². The Morgan fingerprint density at radius 1 is 1.42 bits per heavy atom. The molecule has 1 aliphatic rings. The van der Waals surface area contributed by atoms with Gasteiger partial charge >= 0.3 is 0 Å². The Morgan fingerprint density at radius 3 is 2.68 bits per heavy atom. The van der Waals surface area contributed by atoms with Crippen molar-refractivity contribution in [3.63, 3.8) is 0 Å². The van der Waals surface area contributed by atoms with Gasteiger partial charge in [0.2, 0.25) is 5.91 Å². The summed E-state index contributed by atoms with van der Waals surface area (Å²) in [6.07, 6.45) is 1.73. The normalized spacial score (nSPS) is 16.2. The van der Waals surface area contributed by atoms with Crippen LogP contribution in [0, 0.1) is 10.1 Å². The molecule has 2 rings (SSSR count). The van der Waals surface area contributed by atoms with Crippen LogP contribution in [0.1, 0.15) is 19.8 Å². The molecule has 1 amide bonds. The van der Waals surface area contributed by atoms with Gasteiger partial charge in [-0.15, -0.1) is 0 Å². The first-order valence-electron chi connectivity index (χ1n) is 6.33. The average Bonchev–Trinajstić information content (AvgIpc) is 2.39. The van der Waals surface area contributed by atoms with Crippen LogP contribution in [0.2, 0.25) is 0 Å². The van der Waals surface area contributed by atoms with Crippen molar-refractivity contribution in [1.29, 1.82) is 0 Å². The Labute approximate surface area is 111 Å². The maximum Gasteiger partial charge on any atom is 0.271 e. The van der Waals surface area contributed by atoms with Crippen LogP contribution in [0.5, 0.6) is 0 Å². The van der Waals surface area contributed by atoms with Crippen molar-refractivity contribution < 1.29 is 9.72 Å². The van der Waals surface area contributed by atoms with Crippen LogP contribution in [0.15, 0.2) is 24.3 Å². The standard InChI is InChI=1S/C13H17N3O3/c1-10(17)15-7-5-11(6-8-15)14-12-3-2-4-13(9-12)16(18)19/h2-4,9,11,14H,5-8H2,1H3. The lowest BCUT2D eigenvalue weighted by Crippen LogP contribution is -2.41. The summed E-state index contributed by atoms with van der Waals surface area (Å²) in [7, 11) is 0. The van der Waals surface area contributed by atoms with Crippen LogP contribution in [-0.4, -0.2) is 34.9 Å². The second-order valence-corrected chi connectivity index (χ2v) is 4.73. The maximum absolute atomic E-state index is 11.2. The SMILES string of the molecule is CC(=O)N1CCC(Nc2cccc([N+](=O)[O-])c2)CC1. The van der Waals surface area contributed by atoms with Crippen LogP contribution in [0.25, 0.3) is 0 Å². The topological polar surface area (TPSA) is 75.5 Å². The third kappa shape index (κ3) is 3.43. The van der Waals surface area contributed by atoms with Crippen molar-refractivity contribution in [2.24, 2.45) is 0 Å². The molecule has 102 valence electrons. The second kappa shape index (κ2) is 5.69. The number of nitro benzene ring substituents is 1. The molecule has 0 bridgehead atoms. The van der Waals surface area contributed by atoms with Gasteiger partial charge in [-0.1, -0.05) is 6.07 Å². The molecule has 0 spiro atoms. The number of nitrogens with zero attached hydrogens (tertiary/aromatic N) is 2. The first-order chi connectivity index (χ1) is 9.06. The van der Waals surface area contributed by atoms with Crippen LogP contribution in [0.4, 0.5) is 11.4 Å². The van der Waals surface area contributed by atoms with E-state index < -0.39 is 4.92 Å². The molecule has 6 nitrogen and oxygen atoms in total. The molecule has 0 radical (unpaired) electrons. The van der Waals surface area contributed by atoms with Crippen LogP contribution in [0.3, 0.4) is 0 Å². The quantitative estimate of drug-likeness (QED) is 0.668. The van der Waals surface area contributed by atoms with Gasteiger partial charge in [-0.25, -0.2) is 0 Å². The largest absolute Gasteiger partial charge is 0.382 e. The number of benzene rings is 1. The highest BCUT2D eigenvalue weighted by Crippen LogP contribution is 2.20. The molecule has 0 aliphatic carbocycles. The zero-order valence-corrected chi connectivity index (χ0v) is 10.8. The molecule has 1 heterocycles. The first kappa shape index (κ1) is 13.3. The molecule has 1 N–H and O–H groups in total. The number of nitro groups is 1. The van der Waals surface area contributed by atoms with Gasteiger partial charge < -0.3 is 10.2 Å². The fourth-order valence-electron chi connectivity index (χ4n) is 2.28. The predicted molar refractivity (Wildman–Crippen MR) is 72.0 cm³/mol. The minimum absolute atomic E-state index is 0.0890. The number of rotatable bonds is 3. The van der Waals surface area contributed by atoms with Crippen LogP contribution in [-0.2, 0) is 4.79 Å². The summed E-state index contributed by atoms with van der Waals surface area (Å²) in [5.41, 5.74) is 0.849. The molecule has 6 heteroatoms. The Hall–Kier alpha value is -2.11. The number of hydrogen-bond donors (Lipinski definition) is 1. The highest BCUT2D eigenvalue weighted by atomic mass is 16.6. The van der Waals surface area contributed by atoms with Crippen molar-refractivity contribution in [2.75, 3.05) is 18.4 Å². The molecular weight excluding hydrogens is 246 g/mol. The van der Waals surface area contributed by atoms with Gasteiger partial charge in [0.25, 0.3) is 5.69 Å². The maximum atomic E-state index is 11.2. The summed E-state index contributed by atoms with van der Waals surface area (Å²) in [5.74, 6) is 0.105. The van der Waals surface area contributed by atoms with E-state index in [1.54, 1.807) is 13.0 Å². The van der Waals surface area contributed by atoms with E-state index in [0.717, 1.165) is 31.6 Å². The monoisotopic (exact) mass is 263 g/mol. The summed E-state index contributed by atoms with van der Waals surface area (Å²) in [5, 5.41) is 14.0. The van der Waals surface area contributed by atoms with Gasteiger partial charge in [0.05, 0.1) is 4.92 Å². The van der Waals surface area contributed by atoms with Crippen molar-refractivity contribution in [3.8, 4) is 0 Å². The van der Waals surface area contributed by atoms with E-state index in [2.05, 4.69) is 5.32 Å². The van der Waals surface area contributed by atoms with Gasteiger partial charge in [0.1, 0.15) is 0 Å². The summed E-state index contributed by atoms with van der Waals surface area (Å²) in [6, 6.07) is 6.77. The zero-order chi connectivity index (χ0) is 13.8. The molecule has 1 saturated heterocycles. The lowest BCUT2D eigenvalue weighted by atomic mass is 10.0. The number of amides is 1. The van der Waals surface area contributed by atoms with Gasteiger partial charge in [0.15, 0.2) is 0 Å². The van der Waals surface area contributed by atoms with E-state index in [1.165, 1.54) is 12.1 Å². The highest BCUT2D eigenvalue weighted by molar-refractivity contribution is 5.73. The molecule has 0 saturated carbocycles. The minimum atomic E-state index is -0.399. The number of carbonyl (C=O) groups excluding carboxylic acids is 1. The number of hydrogen-bond acceptors (Lipinski definition) is 4. The smallest absolute Gasteiger partial charge is 0.271 e. The summed E-state index contributed by atoms with van der Waals surface area (Å²) >= 11 is 0. The van der Waals surface area contributed by atoms with E-state index in [1.807, 2.05) is 11.0 Å². The summed E-state index contributed by atoms with van der Waals surface area (Å²) < 4.78 is 0. The van der Waals surface area contributed by atoms with Crippen molar-refractivity contribution in [2.45, 2.75) is 25.8 Å². The second-order valence-electron chi connectivity index (χ2n) is 4.73. The lowest BCUT2D eigenvalue weighted by molar-refractivity contribution is -0.384. The van der Waals surface area contributed by atoms with Gasteiger partial charge in [0, 0.05) is 43.9 Å². The molecular formula is C13H17N3O3. The number of piperidine rings is 1. The van der Waals surface area contributed by atoms with E-state index >= 15 is 0 Å². The fraction of sp³-hybridized carbons (Fsp3) is 0.462. The van der Waals surface area contributed by atoms with E-state index in [-0.39, 0.29) is 17.6 Å². The summed E-state index contributed by atoms with van der Waals surface area (Å²) in [4.78, 5) is 23.3. The van der Waals surface area contributed by atoms with Gasteiger partial charge in [-0.3, -0.25) is 14.9 Å². The molecule has 1 aromatic carbocycles. The zero-order valence-electron chi connectivity index (χ0n) is 10.8. The Balaban J connectivity index is 1.94. The van der Waals surface area contributed by atoms with Crippen LogP contribution < -0.4 is 5.32 Å². The molecule has 0 aromatic heterocycles. The van der Waals surface area contributed by atoms with E-state index in [4.69, 9.17) is 0 Å². The molecule has 1 aromatic rings. The fourth-order valence-corrected chi connectivity index (χ4v) is 2.28. The Bertz CT molecular complexity index is 482. The van der Waals surface area contributed by atoms with Crippen molar-refractivity contribution in [3.05, 3.63) is 34.4 Å². The summed E-state index contributed by atoms with van der Waals surface area (Å²) in [6.45, 7) is 3.05. The number of anilines is 1. The molecule has 1 fully saturated rings. The van der Waals surface area contributed by atoms with Crippen LogP contribution >= 0.6 is 0 Å². The molecule has 0 atom stereocenters. The lowest BCUT2D eigenvalue weighted by Gasteiger charge is -2.32. The number of nitrogens with one attached hydrogen (secondary N) is 1. The Morgan fingerprint density at radius 2 is 2.11 bits per heavy atom. The molecule has 19 heavy (non-hydrogen) atoms. The predicted octanol–water partition coefficient (Wildman–Crippen LogP) is 2.02. The van der Waals surface area contributed by atoms with Gasteiger partial charge in [-0.05, 0) is 18.9 Å².